The van der Waals surface area contributed by atoms with Crippen molar-refractivity contribution in [2.24, 2.45) is 0 Å². The second-order valence-corrected chi connectivity index (χ2v) is 25.3. The highest BCUT2D eigenvalue weighted by Crippen LogP contribution is 2.65. The third kappa shape index (κ3) is 10.6. The minimum atomic E-state index is -4.72. The second kappa shape index (κ2) is 22.2. The minimum Gasteiger partial charge on any atom is -0.492 e. The highest BCUT2D eigenvalue weighted by atomic mass is 32.7. The molecule has 10 atom stereocenters. The van der Waals surface area contributed by atoms with E-state index in [9.17, 15) is 9.36 Å². The molecular weight excluding hydrogens is 1140 g/mol. The quantitative estimate of drug-likeness (QED) is 0.0533. The summed E-state index contributed by atoms with van der Waals surface area (Å²) in [6, 6.07) is 30.8. The summed E-state index contributed by atoms with van der Waals surface area (Å²) in [5.74, 6) is 0.0323. The molecule has 30 heteroatoms. The molecule has 0 bridgehead atoms. The van der Waals surface area contributed by atoms with Crippen LogP contribution in [0.4, 0.5) is 26.0 Å². The van der Waals surface area contributed by atoms with Crippen LogP contribution in [0, 0.1) is 0 Å². The highest BCUT2D eigenvalue weighted by Gasteiger charge is 2.55. The summed E-state index contributed by atoms with van der Waals surface area (Å²) < 4.78 is 115. The summed E-state index contributed by atoms with van der Waals surface area (Å²) in [4.78, 5) is 36.5. The zero-order chi connectivity index (χ0) is 57.1. The fraction of sp³-hybridized carbons (Fsp3) is 0.283. The fourth-order valence-electron chi connectivity index (χ4n) is 10.4. The van der Waals surface area contributed by atoms with Gasteiger partial charge in [0.1, 0.15) is 65.6 Å². The van der Waals surface area contributed by atoms with E-state index in [2.05, 4.69) is 71.4 Å². The third-order valence-electron chi connectivity index (χ3n) is 14.5. The Morgan fingerprint density at radius 1 is 0.771 bits per heavy atom. The molecule has 3 saturated heterocycles. The van der Waals surface area contributed by atoms with Crippen LogP contribution in [0.15, 0.2) is 128 Å². The molecule has 9 heterocycles. The van der Waals surface area contributed by atoms with E-state index in [0.717, 1.165) is 40.1 Å². The Morgan fingerprint density at radius 3 is 2.19 bits per heavy atom. The van der Waals surface area contributed by atoms with Gasteiger partial charge in [0.25, 0.3) is 7.47 Å². The normalized spacial score (nSPS) is 26.1. The Kier molecular flexibility index (Phi) is 14.6. The first kappa shape index (κ1) is 54.6. The lowest BCUT2D eigenvalue weighted by Gasteiger charge is -2.30. The minimum absolute atomic E-state index is 0.0171. The number of hydrogen-bond donors (Lipinski definition) is 2. The van der Waals surface area contributed by atoms with E-state index in [1.165, 1.54) is 34.1 Å². The third-order valence-corrected chi connectivity index (χ3v) is 19.2. The van der Waals surface area contributed by atoms with Gasteiger partial charge < -0.3 is 44.4 Å². The average Bonchev–Trinajstić information content (AvgIpc) is 2.84. The van der Waals surface area contributed by atoms with E-state index >= 15 is 13.3 Å². The summed E-state index contributed by atoms with van der Waals surface area (Å²) >= 11 is 0.675. The Morgan fingerprint density at radius 2 is 1.43 bits per heavy atom. The summed E-state index contributed by atoms with van der Waals surface area (Å²) in [7, 11) is 3.41. The van der Waals surface area contributed by atoms with Crippen LogP contribution >= 0.6 is 25.7 Å². The van der Waals surface area contributed by atoms with Gasteiger partial charge in [0.05, 0.1) is 49.4 Å². The number of hydrogen-bond acceptors (Lipinski definition) is 22. The molecular formula is C53H48BF2N13O11P2S. The molecule has 0 aliphatic carbocycles. The number of imidazole rings is 2. The summed E-state index contributed by atoms with van der Waals surface area (Å²) in [6.45, 7) is -4.69. The van der Waals surface area contributed by atoms with Crippen molar-refractivity contribution in [1.82, 2.24) is 49.0 Å². The van der Waals surface area contributed by atoms with Crippen LogP contribution in [-0.2, 0) is 55.5 Å². The van der Waals surface area contributed by atoms with Gasteiger partial charge in [-0.1, -0.05) is 59.8 Å². The Balaban J connectivity index is 0.690. The van der Waals surface area contributed by atoms with Crippen LogP contribution in [0.1, 0.15) is 33.9 Å². The topological polar surface area (TPSA) is 285 Å². The number of alkyl halides is 2. The monoisotopic (exact) mass is 1190 g/mol. The molecule has 4 N–H and O–H groups in total. The van der Waals surface area contributed by atoms with Crippen LogP contribution in [0.3, 0.4) is 0 Å². The molecule has 424 valence electrons. The van der Waals surface area contributed by atoms with Crippen molar-refractivity contribution < 1.29 is 59.7 Å². The molecule has 13 rings (SSSR count). The maximum absolute atomic E-state index is 17.0. The van der Waals surface area contributed by atoms with Gasteiger partial charge in [-0.3, -0.25) is 22.7 Å². The van der Waals surface area contributed by atoms with E-state index in [-0.39, 0.29) is 57.5 Å². The lowest BCUT2D eigenvalue weighted by Crippen LogP contribution is -2.37. The number of nitrogens with two attached hydrogens (primary N) is 2. The number of anilines is 3. The number of nitrogen functional groups attached to an aromatic ring is 2. The first-order valence-corrected chi connectivity index (χ1v) is 30.7. The molecule has 0 spiro atoms. The molecule has 9 aromatic rings. The van der Waals surface area contributed by atoms with Crippen molar-refractivity contribution in [3.8, 4) is 34.0 Å². The van der Waals surface area contributed by atoms with Gasteiger partial charge in [-0.2, -0.15) is 0 Å². The molecule has 4 aliphatic rings. The molecule has 4 aromatic carbocycles. The van der Waals surface area contributed by atoms with Gasteiger partial charge in [0.2, 0.25) is 7.57 Å². The molecule has 5 aromatic heterocycles. The van der Waals surface area contributed by atoms with Crippen molar-refractivity contribution in [3.63, 3.8) is 0 Å². The van der Waals surface area contributed by atoms with Crippen molar-refractivity contribution in [3.05, 3.63) is 145 Å². The first-order valence-electron chi connectivity index (χ1n) is 25.9. The molecule has 0 unspecified atom stereocenters. The number of aromatic nitrogens is 10. The van der Waals surface area contributed by atoms with E-state index in [0.29, 0.717) is 35.8 Å². The van der Waals surface area contributed by atoms with Gasteiger partial charge in [0.15, 0.2) is 41.9 Å². The lowest BCUT2D eigenvalue weighted by atomic mass is 9.96. The van der Waals surface area contributed by atoms with Crippen LogP contribution in [0.5, 0.6) is 11.5 Å². The Bertz CT molecular complexity index is 4020. The number of para-hydroxylation sites is 1. The Labute approximate surface area is 475 Å². The van der Waals surface area contributed by atoms with Crippen molar-refractivity contribution in [2.75, 3.05) is 43.2 Å². The molecule has 3 fully saturated rings. The molecule has 0 saturated carbocycles. The van der Waals surface area contributed by atoms with Crippen molar-refractivity contribution >= 4 is 78.7 Å². The Hall–Kier alpha value is -7.65. The lowest BCUT2D eigenvalue weighted by molar-refractivity contribution is -0.0546. The van der Waals surface area contributed by atoms with Crippen LogP contribution in [-0.4, -0.2) is 126 Å². The van der Waals surface area contributed by atoms with E-state index in [4.69, 9.17) is 56.1 Å². The number of carbonyl (C=O) groups is 1. The van der Waals surface area contributed by atoms with E-state index in [1.54, 1.807) is 48.5 Å². The molecule has 0 amide bonds. The van der Waals surface area contributed by atoms with Crippen LogP contribution in [0.2, 0.25) is 0 Å². The number of nitrogens with zero attached hydrogens (tertiary/aromatic N) is 11. The predicted molar refractivity (Wildman–Crippen MR) is 300 cm³/mol. The average molecular weight is 1190 g/mol. The number of carbonyl (C=O) groups excluding carboxylic acids is 1. The maximum Gasteiger partial charge on any atom is 0.389 e. The SMILES string of the molecule is [B][P@]1(=O)OC[C@H]2O[C@@H](n3cnc4c(N)ccnc43)[C@H](F)[C@@H]2O[P@](=O)(SCc2ccc(OC(=O)c3ccc(OCCn4nnc5c4-c4ccccc4CN(C)c4ccccc4-5)cc3)cc2)OC[C@H]2O[C@@H](n3cnc4c(N)ncnc43)[C@H](F)[C@@H]2O1. The van der Waals surface area contributed by atoms with Gasteiger partial charge >= 0.3 is 12.8 Å². The predicted octanol–water partition coefficient (Wildman–Crippen LogP) is 8.22. The smallest absolute Gasteiger partial charge is 0.389 e. The van der Waals surface area contributed by atoms with Gasteiger partial charge in [0, 0.05) is 42.4 Å². The highest BCUT2D eigenvalue weighted by molar-refractivity contribution is 8.54. The first-order chi connectivity index (χ1) is 40.2. The van der Waals surface area contributed by atoms with Crippen LogP contribution < -0.4 is 25.8 Å². The molecule has 83 heavy (non-hydrogen) atoms. The number of halogens is 2. The molecule has 4 aliphatic heterocycles. The van der Waals surface area contributed by atoms with E-state index < -0.39 is 82.7 Å². The number of ether oxygens (including phenoxy) is 4. The summed E-state index contributed by atoms with van der Waals surface area (Å²) in [5, 5.41) is 9.19. The van der Waals surface area contributed by atoms with Gasteiger partial charge in [-0.25, -0.2) is 47.7 Å². The zero-order valence-electron chi connectivity index (χ0n) is 43.7. The fourth-order valence-corrected chi connectivity index (χ4v) is 14.8. The van der Waals surface area contributed by atoms with Crippen molar-refractivity contribution in [2.45, 2.75) is 68.1 Å². The van der Waals surface area contributed by atoms with E-state index in [1.807, 2.05) is 28.9 Å². The molecule has 24 nitrogen and oxygen atoms in total. The zero-order valence-corrected chi connectivity index (χ0v) is 46.3. The summed E-state index contributed by atoms with van der Waals surface area (Å²) in [5.41, 5.74) is 19.8. The van der Waals surface area contributed by atoms with Gasteiger partial charge in [-0.15, -0.1) is 5.10 Å². The standard InChI is InChI=1S/C53H48BF2N13O11P2S/c1-66-22-31-6-2-3-7-34(31)45-42(35-8-4-5-9-37(35)66)64-65-69(45)20-21-73-32-16-12-30(13-17-32)53(70)76-33-14-10-29(11-15-33)25-83-82(72)75-24-39-46(40(55)51(78-39)68-28-63-44-48(58)60-26-61-50(44)68)79-81(54,71)74-23-38-47(80-82)41(56)52(77-38)67-27-62-43-36(57)18-19-59-49(43)67/h2-19,26-28,38-41,46-47,51-52H,20-25H2,1H3,(H2,57,59)(H2,58,60,61)/t38-,39-,40-,41-,46-,47-,51-,52-,81+,82-/m1/s1. The number of benzene rings is 4. The summed E-state index contributed by atoms with van der Waals surface area (Å²) in [6.07, 6.45) is -8.70. The number of fused-ring (bicyclic) bond motifs is 9. The number of pyridine rings is 1. The second-order valence-electron chi connectivity index (χ2n) is 19.8. The molecule has 2 radical (unpaired) electrons. The van der Waals surface area contributed by atoms with Crippen LogP contribution in [0.25, 0.3) is 44.8 Å². The number of esters is 1. The number of rotatable bonds is 11. The maximum atomic E-state index is 17.0. The van der Waals surface area contributed by atoms with Crippen molar-refractivity contribution in [1.29, 1.82) is 0 Å². The van der Waals surface area contributed by atoms with Gasteiger partial charge in [-0.05, 0) is 71.0 Å². The largest absolute Gasteiger partial charge is 0.492 e.